The fourth-order valence-electron chi connectivity index (χ4n) is 6.62. The van der Waals surface area contributed by atoms with Crippen LogP contribution in [0.25, 0.3) is 0 Å². The van der Waals surface area contributed by atoms with Gasteiger partial charge in [-0.2, -0.15) is 13.2 Å². The van der Waals surface area contributed by atoms with Crippen LogP contribution in [0.15, 0.2) is 63.4 Å². The Hall–Kier alpha value is -3.47. The van der Waals surface area contributed by atoms with E-state index in [0.29, 0.717) is 46.6 Å². The number of Topliss-reactive ketones (excluding diaryl/α,β-unsaturated/α-hetero) is 2. The van der Waals surface area contributed by atoms with Gasteiger partial charge in [0.25, 0.3) is 0 Å². The van der Waals surface area contributed by atoms with Gasteiger partial charge in [0.15, 0.2) is 11.6 Å². The highest BCUT2D eigenvalue weighted by molar-refractivity contribution is 9.10. The van der Waals surface area contributed by atoms with Crippen LogP contribution < -0.4 is 4.74 Å². The van der Waals surface area contributed by atoms with Gasteiger partial charge in [-0.15, -0.1) is 0 Å². The summed E-state index contributed by atoms with van der Waals surface area (Å²) in [6.07, 6.45) is -3.01. The molecule has 43 heavy (non-hydrogen) atoms. The van der Waals surface area contributed by atoms with Gasteiger partial charge in [-0.05, 0) is 60.9 Å². The Kier molecular flexibility index (Phi) is 7.64. The van der Waals surface area contributed by atoms with Crippen molar-refractivity contribution in [3.63, 3.8) is 0 Å². The van der Waals surface area contributed by atoms with Crippen molar-refractivity contribution in [2.24, 2.45) is 10.8 Å². The summed E-state index contributed by atoms with van der Waals surface area (Å²) >= 11 is 3.48. The molecule has 0 bridgehead atoms. The average molecular weight is 662 g/mol. The van der Waals surface area contributed by atoms with E-state index in [-0.39, 0.29) is 46.7 Å². The maximum atomic E-state index is 14.0. The number of rotatable bonds is 5. The second-order valence-corrected chi connectivity index (χ2v) is 13.9. The lowest BCUT2D eigenvalue weighted by atomic mass is 9.63. The van der Waals surface area contributed by atoms with Gasteiger partial charge in [0.1, 0.15) is 5.75 Å². The van der Waals surface area contributed by atoms with Gasteiger partial charge < -0.3 is 9.64 Å². The quantitative estimate of drug-likeness (QED) is 0.235. The highest BCUT2D eigenvalue weighted by Gasteiger charge is 2.49. The summed E-state index contributed by atoms with van der Waals surface area (Å²) in [6.45, 7) is 10.7. The zero-order valence-corrected chi connectivity index (χ0v) is 26.1. The van der Waals surface area contributed by atoms with E-state index in [0.717, 1.165) is 23.5 Å². The van der Waals surface area contributed by atoms with Crippen molar-refractivity contribution < 1.29 is 32.4 Å². The van der Waals surface area contributed by atoms with Crippen molar-refractivity contribution in [1.29, 1.82) is 0 Å². The Bertz CT molecular complexity index is 1570. The lowest BCUT2D eigenvalue weighted by Gasteiger charge is -2.49. The summed E-state index contributed by atoms with van der Waals surface area (Å²) in [5, 5.41) is 11.8. The van der Waals surface area contributed by atoms with Gasteiger partial charge in [-0.1, -0.05) is 43.6 Å². The van der Waals surface area contributed by atoms with Crippen LogP contribution in [0.4, 0.5) is 18.9 Å². The van der Waals surface area contributed by atoms with Crippen LogP contribution in [-0.2, 0) is 15.8 Å². The molecule has 1 aliphatic heterocycles. The molecule has 11 heteroatoms. The molecule has 3 aliphatic rings. The Labute approximate surface area is 256 Å². The molecule has 7 nitrogen and oxygen atoms in total. The number of halogens is 4. The normalized spacial score (nSPS) is 20.3. The van der Waals surface area contributed by atoms with E-state index in [1.165, 1.54) is 0 Å². The Morgan fingerprint density at radius 3 is 1.95 bits per heavy atom. The zero-order valence-electron chi connectivity index (χ0n) is 24.5. The molecular weight excluding hydrogens is 629 g/mol. The van der Waals surface area contributed by atoms with Crippen molar-refractivity contribution in [2.75, 3.05) is 6.54 Å². The molecule has 0 spiro atoms. The molecule has 0 saturated carbocycles. The Morgan fingerprint density at radius 1 is 0.930 bits per heavy atom. The maximum Gasteiger partial charge on any atom is 0.416 e. The van der Waals surface area contributed by atoms with E-state index in [1.54, 1.807) is 18.2 Å². The van der Waals surface area contributed by atoms with Crippen molar-refractivity contribution >= 4 is 33.2 Å². The summed E-state index contributed by atoms with van der Waals surface area (Å²) in [7, 11) is 0. The van der Waals surface area contributed by atoms with Crippen LogP contribution in [0, 0.1) is 20.9 Å². The van der Waals surface area contributed by atoms with Crippen LogP contribution in [-0.4, -0.2) is 27.9 Å². The third-order valence-corrected chi connectivity index (χ3v) is 8.82. The van der Waals surface area contributed by atoms with Gasteiger partial charge in [-0.3, -0.25) is 19.7 Å². The van der Waals surface area contributed by atoms with E-state index in [9.17, 15) is 32.9 Å². The predicted octanol–water partition coefficient (Wildman–Crippen LogP) is 8.87. The number of nitro groups is 1. The molecule has 5 rings (SSSR count). The van der Waals surface area contributed by atoms with Gasteiger partial charge in [0.05, 0.1) is 10.5 Å². The molecule has 2 aliphatic carbocycles. The van der Waals surface area contributed by atoms with E-state index in [2.05, 4.69) is 20.8 Å². The van der Waals surface area contributed by atoms with Crippen LogP contribution in [0.3, 0.4) is 0 Å². The minimum atomic E-state index is -4.78. The number of hydrogen-bond donors (Lipinski definition) is 0. The summed E-state index contributed by atoms with van der Waals surface area (Å²) in [4.78, 5) is 40.9. The van der Waals surface area contributed by atoms with E-state index in [4.69, 9.17) is 4.74 Å². The number of nitrogens with zero attached hydrogens (tertiary/aromatic N) is 2. The first-order valence-corrected chi connectivity index (χ1v) is 14.8. The van der Waals surface area contributed by atoms with Crippen LogP contribution in [0.5, 0.6) is 11.5 Å². The number of carbonyl (C=O) groups excluding carboxylic acids is 2. The molecule has 0 N–H and O–H groups in total. The number of carbonyl (C=O) groups is 2. The molecule has 0 radical (unpaired) electrons. The monoisotopic (exact) mass is 660 g/mol. The highest BCUT2D eigenvalue weighted by atomic mass is 79.9. The number of nitro benzene ring substituents is 1. The summed E-state index contributed by atoms with van der Waals surface area (Å²) < 4.78 is 46.7. The van der Waals surface area contributed by atoms with Crippen LogP contribution in [0.1, 0.15) is 77.3 Å². The average Bonchev–Trinajstić information content (AvgIpc) is 2.86. The fourth-order valence-corrected chi connectivity index (χ4v) is 7.00. The highest BCUT2D eigenvalue weighted by Crippen LogP contribution is 2.56. The summed E-state index contributed by atoms with van der Waals surface area (Å²) in [6, 6.07) is 6.98. The molecule has 0 fully saturated rings. The SMILES string of the molecule is CCN1C2=C(C(=O)CC(C)(C)C2)C(c2cc(Br)ccc2Oc2ccc(C(F)(F)F)cc2[N+](=O)[O-])C2=C1CC(C)(C)CC2=O. The number of benzene rings is 2. The van der Waals surface area contributed by atoms with Crippen molar-refractivity contribution in [2.45, 2.75) is 72.4 Å². The Morgan fingerprint density at radius 2 is 1.47 bits per heavy atom. The smallest absolute Gasteiger partial charge is 0.416 e. The lowest BCUT2D eigenvalue weighted by Crippen LogP contribution is -2.44. The van der Waals surface area contributed by atoms with Crippen LogP contribution >= 0.6 is 15.9 Å². The fraction of sp³-hybridized carbons (Fsp3) is 0.438. The van der Waals surface area contributed by atoms with Crippen molar-refractivity contribution in [3.05, 3.63) is 84.7 Å². The number of ketones is 2. The second kappa shape index (κ2) is 10.6. The lowest BCUT2D eigenvalue weighted by molar-refractivity contribution is -0.385. The number of alkyl halides is 3. The molecular formula is C32H32BrF3N2O5. The van der Waals surface area contributed by atoms with Gasteiger partial charge in [-0.25, -0.2) is 0 Å². The first-order chi connectivity index (χ1) is 19.9. The Balaban J connectivity index is 1.75. The van der Waals surface area contributed by atoms with E-state index < -0.39 is 28.3 Å². The van der Waals surface area contributed by atoms with Gasteiger partial charge in [0, 0.05) is 63.9 Å². The number of hydrogen-bond acceptors (Lipinski definition) is 6. The molecule has 0 atom stereocenters. The maximum absolute atomic E-state index is 14.0. The summed E-state index contributed by atoms with van der Waals surface area (Å²) in [5.74, 6) is -1.27. The van der Waals surface area contributed by atoms with Crippen molar-refractivity contribution in [1.82, 2.24) is 4.90 Å². The van der Waals surface area contributed by atoms with E-state index >= 15 is 0 Å². The second-order valence-electron chi connectivity index (χ2n) is 13.0. The minimum Gasteiger partial charge on any atom is -0.450 e. The molecule has 2 aromatic rings. The molecule has 1 heterocycles. The topological polar surface area (TPSA) is 89.8 Å². The number of allylic oxidation sites excluding steroid dienone is 4. The van der Waals surface area contributed by atoms with Crippen LogP contribution in [0.2, 0.25) is 0 Å². The predicted molar refractivity (Wildman–Crippen MR) is 158 cm³/mol. The largest absolute Gasteiger partial charge is 0.450 e. The number of ether oxygens (including phenoxy) is 1. The minimum absolute atomic E-state index is 0.0923. The van der Waals surface area contributed by atoms with E-state index in [1.807, 2.05) is 34.6 Å². The summed E-state index contributed by atoms with van der Waals surface area (Å²) in [5.41, 5.74) is 0.486. The zero-order chi connectivity index (χ0) is 31.6. The first-order valence-electron chi connectivity index (χ1n) is 14.1. The van der Waals surface area contributed by atoms with Gasteiger partial charge >= 0.3 is 11.9 Å². The molecule has 2 aromatic carbocycles. The molecule has 228 valence electrons. The van der Waals surface area contributed by atoms with Crippen molar-refractivity contribution in [3.8, 4) is 11.5 Å². The standard InChI is InChI=1S/C32H32BrF3N2O5/c1-6-37-21-13-30(2,3)15-23(39)28(21)27(29-22(37)14-31(4,5)16-24(29)40)19-12-18(33)8-10-25(19)43-26-9-7-17(32(34,35)36)11-20(26)38(41)42/h7-12,27H,6,13-16H2,1-5H3. The molecule has 0 saturated heterocycles. The molecule has 0 unspecified atom stereocenters. The van der Waals surface area contributed by atoms with Gasteiger partial charge in [0.2, 0.25) is 5.75 Å². The third kappa shape index (κ3) is 5.75. The first kappa shape index (κ1) is 31.0. The third-order valence-electron chi connectivity index (χ3n) is 8.32. The molecule has 0 aromatic heterocycles. The molecule has 0 amide bonds.